The van der Waals surface area contributed by atoms with Crippen LogP contribution in [0, 0.1) is 5.92 Å². The molecule has 1 aliphatic rings. The minimum absolute atomic E-state index is 0.582. The van der Waals surface area contributed by atoms with Gasteiger partial charge < -0.3 is 10.1 Å². The number of hydrogen-bond acceptors (Lipinski definition) is 3. The van der Waals surface area contributed by atoms with Crippen molar-refractivity contribution >= 4 is 0 Å². The minimum Gasteiger partial charge on any atom is -0.496 e. The number of nitrogens with zero attached hydrogens (tertiary/aromatic N) is 1. The zero-order valence-corrected chi connectivity index (χ0v) is 12.4. The second-order valence-electron chi connectivity index (χ2n) is 5.57. The van der Waals surface area contributed by atoms with Gasteiger partial charge in [-0.3, -0.25) is 4.90 Å². The Morgan fingerprint density at radius 2 is 2.21 bits per heavy atom. The molecule has 3 heteroatoms. The van der Waals surface area contributed by atoms with Gasteiger partial charge in [-0.15, -0.1) is 0 Å². The lowest BCUT2D eigenvalue weighted by atomic mass is 10.0. The lowest BCUT2D eigenvalue weighted by Crippen LogP contribution is -2.33. The highest BCUT2D eigenvalue weighted by Gasteiger charge is 2.25. The van der Waals surface area contributed by atoms with Crippen molar-refractivity contribution in [1.29, 1.82) is 0 Å². The number of hydrogen-bond donors (Lipinski definition) is 1. The number of rotatable bonds is 6. The van der Waals surface area contributed by atoms with Crippen LogP contribution in [0.2, 0.25) is 0 Å². The van der Waals surface area contributed by atoms with Crippen molar-refractivity contribution in [2.45, 2.75) is 25.8 Å². The molecule has 0 spiro atoms. The monoisotopic (exact) mass is 262 g/mol. The smallest absolute Gasteiger partial charge is 0.122 e. The molecule has 3 nitrogen and oxygen atoms in total. The Labute approximate surface area is 116 Å². The Kier molecular flexibility index (Phi) is 5.23. The molecule has 2 rings (SSSR count). The Morgan fingerprint density at radius 3 is 2.95 bits per heavy atom. The summed E-state index contributed by atoms with van der Waals surface area (Å²) in [6.45, 7) is 5.91. The van der Waals surface area contributed by atoms with Gasteiger partial charge in [0, 0.05) is 12.6 Å². The summed E-state index contributed by atoms with van der Waals surface area (Å²) in [5, 5.41) is 3.29. The van der Waals surface area contributed by atoms with E-state index in [1.54, 1.807) is 7.11 Å². The van der Waals surface area contributed by atoms with Crippen LogP contribution in [0.25, 0.3) is 0 Å². The van der Waals surface area contributed by atoms with Crippen molar-refractivity contribution in [3.63, 3.8) is 0 Å². The Balaban J connectivity index is 1.92. The van der Waals surface area contributed by atoms with E-state index < -0.39 is 0 Å². The molecular formula is C16H26N2O. The molecule has 1 fully saturated rings. The van der Waals surface area contributed by atoms with Crippen molar-refractivity contribution in [1.82, 2.24) is 10.2 Å². The summed E-state index contributed by atoms with van der Waals surface area (Å²) in [5.41, 5.74) is 1.31. The summed E-state index contributed by atoms with van der Waals surface area (Å²) < 4.78 is 5.44. The molecule has 1 aromatic rings. The average Bonchev–Trinajstić information content (AvgIpc) is 2.88. The van der Waals surface area contributed by atoms with Crippen LogP contribution >= 0.6 is 0 Å². The number of likely N-dealkylation sites (tertiary alicyclic amines) is 1. The van der Waals surface area contributed by atoms with E-state index >= 15 is 0 Å². The SMILES string of the molecule is CNCC1CCN(C(C)Cc2ccccc2OC)C1. The number of para-hydroxylation sites is 1. The standard InChI is InChI=1S/C16H26N2O/c1-13(18-9-8-14(12-18)11-17-2)10-15-6-4-5-7-16(15)19-3/h4-7,13-14,17H,8-12H2,1-3H3. The largest absolute Gasteiger partial charge is 0.496 e. The summed E-state index contributed by atoms with van der Waals surface area (Å²) in [6.07, 6.45) is 2.38. The molecule has 0 saturated carbocycles. The van der Waals surface area contributed by atoms with E-state index in [-0.39, 0.29) is 0 Å². The fourth-order valence-electron chi connectivity index (χ4n) is 3.04. The highest BCUT2D eigenvalue weighted by Crippen LogP contribution is 2.24. The molecule has 106 valence electrons. The van der Waals surface area contributed by atoms with E-state index in [4.69, 9.17) is 4.74 Å². The van der Waals surface area contributed by atoms with Crippen LogP contribution in [0.3, 0.4) is 0 Å². The Morgan fingerprint density at radius 1 is 1.42 bits per heavy atom. The van der Waals surface area contributed by atoms with Crippen molar-refractivity contribution in [3.05, 3.63) is 29.8 Å². The second kappa shape index (κ2) is 6.92. The van der Waals surface area contributed by atoms with E-state index in [0.29, 0.717) is 6.04 Å². The van der Waals surface area contributed by atoms with E-state index in [0.717, 1.165) is 24.6 Å². The quantitative estimate of drug-likeness (QED) is 0.850. The molecule has 2 unspecified atom stereocenters. The predicted molar refractivity (Wildman–Crippen MR) is 79.8 cm³/mol. The maximum atomic E-state index is 5.44. The molecule has 0 bridgehead atoms. The molecule has 1 aliphatic heterocycles. The number of nitrogens with one attached hydrogen (secondary N) is 1. The lowest BCUT2D eigenvalue weighted by Gasteiger charge is -2.25. The van der Waals surface area contributed by atoms with Gasteiger partial charge in [-0.1, -0.05) is 18.2 Å². The summed E-state index contributed by atoms with van der Waals surface area (Å²) in [6, 6.07) is 8.94. The third kappa shape index (κ3) is 3.71. The van der Waals surface area contributed by atoms with Gasteiger partial charge in [-0.05, 0) is 57.5 Å². The fraction of sp³-hybridized carbons (Fsp3) is 0.625. The Bertz CT molecular complexity index is 394. The van der Waals surface area contributed by atoms with Crippen LogP contribution in [0.1, 0.15) is 18.9 Å². The molecule has 1 heterocycles. The lowest BCUT2D eigenvalue weighted by molar-refractivity contribution is 0.245. The molecule has 0 amide bonds. The molecule has 0 aliphatic carbocycles. The van der Waals surface area contributed by atoms with Crippen LogP contribution < -0.4 is 10.1 Å². The summed E-state index contributed by atoms with van der Waals surface area (Å²) in [4.78, 5) is 2.61. The molecule has 1 saturated heterocycles. The van der Waals surface area contributed by atoms with E-state index in [1.165, 1.54) is 25.1 Å². The maximum absolute atomic E-state index is 5.44. The van der Waals surface area contributed by atoms with E-state index in [1.807, 2.05) is 13.1 Å². The maximum Gasteiger partial charge on any atom is 0.122 e. The van der Waals surface area contributed by atoms with Gasteiger partial charge in [0.2, 0.25) is 0 Å². The molecule has 0 radical (unpaired) electrons. The molecule has 1 aromatic carbocycles. The first kappa shape index (κ1) is 14.4. The summed E-state index contributed by atoms with van der Waals surface area (Å²) in [7, 11) is 3.79. The van der Waals surface area contributed by atoms with Crippen molar-refractivity contribution < 1.29 is 4.74 Å². The summed E-state index contributed by atoms with van der Waals surface area (Å²) in [5.74, 6) is 1.82. The van der Waals surface area contributed by atoms with Crippen LogP contribution in [-0.4, -0.2) is 44.7 Å². The molecule has 1 N–H and O–H groups in total. The predicted octanol–water partition coefficient (Wildman–Crippen LogP) is 2.17. The highest BCUT2D eigenvalue weighted by molar-refractivity contribution is 5.33. The van der Waals surface area contributed by atoms with Crippen LogP contribution in [-0.2, 0) is 6.42 Å². The molecule has 2 atom stereocenters. The summed E-state index contributed by atoms with van der Waals surface area (Å²) >= 11 is 0. The topological polar surface area (TPSA) is 24.5 Å². The van der Waals surface area contributed by atoms with Gasteiger partial charge in [-0.25, -0.2) is 0 Å². The van der Waals surface area contributed by atoms with Crippen LogP contribution in [0.5, 0.6) is 5.75 Å². The first-order valence-electron chi connectivity index (χ1n) is 7.25. The van der Waals surface area contributed by atoms with Gasteiger partial charge in [0.1, 0.15) is 5.75 Å². The van der Waals surface area contributed by atoms with E-state index in [2.05, 4.69) is 35.3 Å². The van der Waals surface area contributed by atoms with Crippen molar-refractivity contribution in [2.24, 2.45) is 5.92 Å². The number of methoxy groups -OCH3 is 1. The molecular weight excluding hydrogens is 236 g/mol. The molecule has 19 heavy (non-hydrogen) atoms. The van der Waals surface area contributed by atoms with Gasteiger partial charge >= 0.3 is 0 Å². The first-order chi connectivity index (χ1) is 9.24. The second-order valence-corrected chi connectivity index (χ2v) is 5.57. The molecule has 0 aromatic heterocycles. The van der Waals surface area contributed by atoms with Gasteiger partial charge in [0.25, 0.3) is 0 Å². The van der Waals surface area contributed by atoms with Crippen molar-refractivity contribution in [2.75, 3.05) is 33.8 Å². The van der Waals surface area contributed by atoms with Crippen LogP contribution in [0.4, 0.5) is 0 Å². The van der Waals surface area contributed by atoms with Gasteiger partial charge in [-0.2, -0.15) is 0 Å². The first-order valence-corrected chi connectivity index (χ1v) is 7.25. The van der Waals surface area contributed by atoms with E-state index in [9.17, 15) is 0 Å². The number of ether oxygens (including phenoxy) is 1. The minimum atomic E-state index is 0.582. The third-order valence-corrected chi connectivity index (χ3v) is 4.14. The number of benzene rings is 1. The van der Waals surface area contributed by atoms with Crippen molar-refractivity contribution in [3.8, 4) is 5.75 Å². The zero-order chi connectivity index (χ0) is 13.7. The van der Waals surface area contributed by atoms with Gasteiger partial charge in [0.15, 0.2) is 0 Å². The Hall–Kier alpha value is -1.06. The highest BCUT2D eigenvalue weighted by atomic mass is 16.5. The zero-order valence-electron chi connectivity index (χ0n) is 12.4. The average molecular weight is 262 g/mol. The van der Waals surface area contributed by atoms with Gasteiger partial charge in [0.05, 0.1) is 7.11 Å². The normalized spacial score (nSPS) is 21.5. The fourth-order valence-corrected chi connectivity index (χ4v) is 3.04. The third-order valence-electron chi connectivity index (χ3n) is 4.14. The van der Waals surface area contributed by atoms with Crippen LogP contribution in [0.15, 0.2) is 24.3 Å².